The van der Waals surface area contributed by atoms with Gasteiger partial charge in [0.25, 0.3) is 0 Å². The van der Waals surface area contributed by atoms with Crippen LogP contribution in [-0.4, -0.2) is 32.8 Å². The molecule has 4 heterocycles. The summed E-state index contributed by atoms with van der Waals surface area (Å²) in [5, 5.41) is 15.3. The molecule has 0 aliphatic carbocycles. The van der Waals surface area contributed by atoms with Crippen LogP contribution in [0.1, 0.15) is 29.3 Å². The molecule has 0 unspecified atom stereocenters. The van der Waals surface area contributed by atoms with E-state index in [1.807, 2.05) is 0 Å². The molecule has 1 atom stereocenters. The van der Waals surface area contributed by atoms with Crippen LogP contribution >= 0.6 is 11.3 Å². The van der Waals surface area contributed by atoms with Crippen LogP contribution in [0, 0.1) is 5.82 Å². The van der Waals surface area contributed by atoms with Crippen molar-refractivity contribution in [2.75, 3.05) is 13.1 Å². The highest BCUT2D eigenvalue weighted by atomic mass is 32.1. The standard InChI is InChI=1S/C19H17FN4O2S/c20-13-7-5-12(6-8-13)15(23-9-1-2-10-23)16-18(25)24-19(27-16)21-17(22-24)14-4-3-11-26-14/h3-8,11,15,25H,1-2,9-10H2/p+1/t15-/m1/s1. The van der Waals surface area contributed by atoms with Crippen molar-refractivity contribution in [1.82, 2.24) is 14.6 Å². The monoisotopic (exact) mass is 385 g/mol. The fraction of sp³-hybridized carbons (Fsp3) is 0.263. The summed E-state index contributed by atoms with van der Waals surface area (Å²) in [4.78, 5) is 7.28. The number of halogens is 1. The van der Waals surface area contributed by atoms with Crippen molar-refractivity contribution in [3.05, 3.63) is 58.9 Å². The normalized spacial score (nSPS) is 16.3. The number of thiazole rings is 1. The Balaban J connectivity index is 1.60. The summed E-state index contributed by atoms with van der Waals surface area (Å²) >= 11 is 1.42. The number of likely N-dealkylation sites (tertiary alicyclic amines) is 1. The third-order valence-corrected chi connectivity index (χ3v) is 6.15. The van der Waals surface area contributed by atoms with Crippen LogP contribution in [0.3, 0.4) is 0 Å². The van der Waals surface area contributed by atoms with E-state index in [0.29, 0.717) is 16.5 Å². The van der Waals surface area contributed by atoms with Gasteiger partial charge >= 0.3 is 0 Å². The molecule has 1 aliphatic rings. The number of hydrogen-bond acceptors (Lipinski definition) is 5. The molecule has 3 aromatic heterocycles. The number of benzene rings is 1. The van der Waals surface area contributed by atoms with Crippen molar-refractivity contribution in [3.63, 3.8) is 0 Å². The van der Waals surface area contributed by atoms with Crippen molar-refractivity contribution < 1.29 is 18.8 Å². The van der Waals surface area contributed by atoms with Gasteiger partial charge in [-0.2, -0.15) is 9.50 Å². The Morgan fingerprint density at radius 3 is 2.63 bits per heavy atom. The number of nitrogens with one attached hydrogen (secondary N) is 1. The zero-order valence-corrected chi connectivity index (χ0v) is 15.2. The minimum atomic E-state index is -0.260. The van der Waals surface area contributed by atoms with Gasteiger partial charge in [0.2, 0.25) is 16.7 Å². The number of hydrogen-bond donors (Lipinski definition) is 2. The molecule has 27 heavy (non-hydrogen) atoms. The lowest BCUT2D eigenvalue weighted by atomic mass is 10.0. The molecule has 0 amide bonds. The van der Waals surface area contributed by atoms with Gasteiger partial charge in [-0.3, -0.25) is 0 Å². The number of aromatic nitrogens is 3. The third-order valence-electron chi connectivity index (χ3n) is 5.06. The number of rotatable bonds is 4. The van der Waals surface area contributed by atoms with Gasteiger partial charge in [-0.15, -0.1) is 5.10 Å². The Hall–Kier alpha value is -2.71. The van der Waals surface area contributed by atoms with E-state index in [2.05, 4.69) is 10.1 Å². The Bertz CT molecular complexity index is 1070. The van der Waals surface area contributed by atoms with E-state index < -0.39 is 0 Å². The SMILES string of the molecule is Oc1c([C@@H](c2ccc(F)cc2)[NH+]2CCCC2)sc2nc(-c3ccco3)nn12. The van der Waals surface area contributed by atoms with E-state index in [4.69, 9.17) is 4.42 Å². The lowest BCUT2D eigenvalue weighted by molar-refractivity contribution is -0.913. The molecular weight excluding hydrogens is 367 g/mol. The van der Waals surface area contributed by atoms with Gasteiger partial charge in [-0.05, 0) is 36.4 Å². The summed E-state index contributed by atoms with van der Waals surface area (Å²) in [5.41, 5.74) is 0.986. The van der Waals surface area contributed by atoms with Crippen LogP contribution in [0.5, 0.6) is 5.88 Å². The first-order valence-corrected chi connectivity index (χ1v) is 9.75. The van der Waals surface area contributed by atoms with Crippen LogP contribution in [-0.2, 0) is 0 Å². The molecule has 1 saturated heterocycles. The Morgan fingerprint density at radius 1 is 1.19 bits per heavy atom. The van der Waals surface area contributed by atoms with Crippen LogP contribution in [0.15, 0.2) is 47.1 Å². The zero-order chi connectivity index (χ0) is 18.4. The highest BCUT2D eigenvalue weighted by molar-refractivity contribution is 7.17. The molecule has 0 radical (unpaired) electrons. The second-order valence-corrected chi connectivity index (χ2v) is 7.76. The Labute approximate surface area is 158 Å². The minimum Gasteiger partial charge on any atom is -0.492 e. The smallest absolute Gasteiger partial charge is 0.235 e. The summed E-state index contributed by atoms with van der Waals surface area (Å²) in [6.45, 7) is 2.04. The van der Waals surface area contributed by atoms with Crippen LogP contribution in [0.25, 0.3) is 16.5 Å². The Morgan fingerprint density at radius 2 is 1.96 bits per heavy atom. The van der Waals surface area contributed by atoms with Crippen molar-refractivity contribution in [2.45, 2.75) is 18.9 Å². The zero-order valence-electron chi connectivity index (χ0n) is 14.4. The molecule has 0 saturated carbocycles. The highest BCUT2D eigenvalue weighted by Crippen LogP contribution is 2.36. The van der Waals surface area contributed by atoms with Gasteiger partial charge < -0.3 is 14.4 Å². The van der Waals surface area contributed by atoms with Gasteiger partial charge in [-0.1, -0.05) is 11.3 Å². The van der Waals surface area contributed by atoms with Gasteiger partial charge in [0.15, 0.2) is 11.8 Å². The number of nitrogens with zero attached hydrogens (tertiary/aromatic N) is 3. The van der Waals surface area contributed by atoms with Crippen LogP contribution in [0.2, 0.25) is 0 Å². The molecule has 5 rings (SSSR count). The molecule has 138 valence electrons. The molecular formula is C19H18FN4O2S+. The number of fused-ring (bicyclic) bond motifs is 1. The maximum Gasteiger partial charge on any atom is 0.235 e. The van der Waals surface area contributed by atoms with E-state index in [0.717, 1.165) is 36.4 Å². The molecule has 8 heteroatoms. The van der Waals surface area contributed by atoms with E-state index in [9.17, 15) is 9.50 Å². The first kappa shape index (κ1) is 16.5. The average molecular weight is 385 g/mol. The summed E-state index contributed by atoms with van der Waals surface area (Å²) in [7, 11) is 0. The number of quaternary nitrogens is 1. The van der Waals surface area contributed by atoms with Gasteiger partial charge in [0.1, 0.15) is 10.7 Å². The minimum absolute atomic E-state index is 0.0614. The van der Waals surface area contributed by atoms with E-state index in [1.54, 1.807) is 30.5 Å². The molecule has 0 bridgehead atoms. The number of furan rings is 1. The summed E-state index contributed by atoms with van der Waals surface area (Å²) in [5.74, 6) is 0.838. The molecule has 2 N–H and O–H groups in total. The van der Waals surface area contributed by atoms with E-state index in [1.165, 1.54) is 32.9 Å². The maximum atomic E-state index is 13.4. The topological polar surface area (TPSA) is 68.0 Å². The number of aromatic hydroxyl groups is 1. The van der Waals surface area contributed by atoms with Crippen LogP contribution in [0.4, 0.5) is 4.39 Å². The van der Waals surface area contributed by atoms with E-state index in [-0.39, 0.29) is 17.7 Å². The lowest BCUT2D eigenvalue weighted by Gasteiger charge is -2.24. The molecule has 6 nitrogen and oxygen atoms in total. The summed E-state index contributed by atoms with van der Waals surface area (Å²) < 4.78 is 20.2. The second-order valence-electron chi connectivity index (χ2n) is 6.75. The second kappa shape index (κ2) is 6.47. The molecule has 0 spiro atoms. The molecule has 1 aromatic carbocycles. The van der Waals surface area contributed by atoms with Crippen molar-refractivity contribution in [2.24, 2.45) is 0 Å². The van der Waals surface area contributed by atoms with Gasteiger partial charge in [0.05, 0.1) is 19.4 Å². The van der Waals surface area contributed by atoms with Gasteiger partial charge in [0, 0.05) is 18.4 Å². The van der Waals surface area contributed by atoms with Crippen molar-refractivity contribution in [3.8, 4) is 17.5 Å². The predicted octanol–water partition coefficient (Wildman–Crippen LogP) is 2.66. The largest absolute Gasteiger partial charge is 0.492 e. The lowest BCUT2D eigenvalue weighted by Crippen LogP contribution is -3.10. The van der Waals surface area contributed by atoms with Crippen LogP contribution < -0.4 is 4.90 Å². The fourth-order valence-corrected chi connectivity index (χ4v) is 4.93. The van der Waals surface area contributed by atoms with Gasteiger partial charge in [-0.25, -0.2) is 4.39 Å². The summed E-state index contributed by atoms with van der Waals surface area (Å²) in [6.07, 6.45) is 3.87. The third kappa shape index (κ3) is 2.81. The van der Waals surface area contributed by atoms with Crippen molar-refractivity contribution in [1.29, 1.82) is 0 Å². The average Bonchev–Trinajstić information content (AvgIpc) is 3.44. The molecule has 1 fully saturated rings. The first-order valence-electron chi connectivity index (χ1n) is 8.93. The predicted molar refractivity (Wildman–Crippen MR) is 98.4 cm³/mol. The Kier molecular flexibility index (Phi) is 3.95. The highest BCUT2D eigenvalue weighted by Gasteiger charge is 2.34. The maximum absolute atomic E-state index is 13.4. The molecule has 1 aliphatic heterocycles. The molecule has 4 aromatic rings. The fourth-order valence-electron chi connectivity index (χ4n) is 3.79. The summed E-state index contributed by atoms with van der Waals surface area (Å²) in [6, 6.07) is 10.0. The quantitative estimate of drug-likeness (QED) is 0.567. The first-order chi connectivity index (χ1) is 13.2. The van der Waals surface area contributed by atoms with Crippen molar-refractivity contribution >= 4 is 16.3 Å². The van der Waals surface area contributed by atoms with E-state index >= 15 is 0 Å².